The largest absolute Gasteiger partial charge is 0.492 e. The zero-order chi connectivity index (χ0) is 14.7. The number of nitrogens with two attached hydrogens (primary N) is 1. The average molecular weight is 283 g/mol. The van der Waals surface area contributed by atoms with E-state index in [1.54, 1.807) is 0 Å². The van der Waals surface area contributed by atoms with E-state index >= 15 is 0 Å². The first-order valence-corrected chi connectivity index (χ1v) is 7.45. The Bertz CT molecular complexity index is 595. The van der Waals surface area contributed by atoms with Crippen molar-refractivity contribution in [3.05, 3.63) is 59.7 Å². The Morgan fingerprint density at radius 2 is 2.05 bits per heavy atom. The van der Waals surface area contributed by atoms with E-state index in [1.165, 1.54) is 11.1 Å². The summed E-state index contributed by atoms with van der Waals surface area (Å²) in [5.41, 5.74) is 8.16. The predicted octanol–water partition coefficient (Wildman–Crippen LogP) is 3.48. The monoisotopic (exact) mass is 283 g/mol. The summed E-state index contributed by atoms with van der Waals surface area (Å²) in [6.07, 6.45) is 2.15. The van der Waals surface area contributed by atoms with Gasteiger partial charge in [-0.25, -0.2) is 0 Å². The standard InChI is InChI=1S/C18H21NO2/c1-13(19)12-20-16-8-10-18-15(11-16)7-9-17(21-18)14-5-3-2-4-6-14/h2-6,8,10-11,13,17H,7,9,12,19H2,1H3. The Morgan fingerprint density at radius 1 is 1.24 bits per heavy atom. The molecule has 0 fully saturated rings. The summed E-state index contributed by atoms with van der Waals surface area (Å²) in [5.74, 6) is 1.83. The third kappa shape index (κ3) is 3.37. The number of aryl methyl sites for hydroxylation is 1. The Kier molecular flexibility index (Phi) is 4.11. The second kappa shape index (κ2) is 6.19. The smallest absolute Gasteiger partial charge is 0.124 e. The molecule has 0 spiro atoms. The highest BCUT2D eigenvalue weighted by molar-refractivity contribution is 5.42. The van der Waals surface area contributed by atoms with E-state index in [0.717, 1.165) is 24.3 Å². The lowest BCUT2D eigenvalue weighted by Crippen LogP contribution is -2.23. The van der Waals surface area contributed by atoms with Crippen LogP contribution in [0.25, 0.3) is 0 Å². The minimum atomic E-state index is 0.0414. The molecule has 0 bridgehead atoms. The molecule has 2 aromatic rings. The third-order valence-corrected chi connectivity index (χ3v) is 3.66. The van der Waals surface area contributed by atoms with Crippen LogP contribution in [-0.2, 0) is 6.42 Å². The molecule has 0 radical (unpaired) electrons. The molecule has 110 valence electrons. The zero-order valence-corrected chi connectivity index (χ0v) is 12.3. The molecule has 0 saturated carbocycles. The van der Waals surface area contributed by atoms with Gasteiger partial charge in [-0.2, -0.15) is 0 Å². The van der Waals surface area contributed by atoms with Crippen molar-refractivity contribution in [3.63, 3.8) is 0 Å². The second-order valence-corrected chi connectivity index (χ2v) is 5.61. The van der Waals surface area contributed by atoms with Crippen LogP contribution in [0.3, 0.4) is 0 Å². The van der Waals surface area contributed by atoms with Crippen molar-refractivity contribution in [3.8, 4) is 11.5 Å². The van der Waals surface area contributed by atoms with Crippen LogP contribution in [0, 0.1) is 0 Å². The average Bonchev–Trinajstić information content (AvgIpc) is 2.53. The van der Waals surface area contributed by atoms with Gasteiger partial charge in [-0.05, 0) is 49.1 Å². The minimum Gasteiger partial charge on any atom is -0.492 e. The zero-order valence-electron chi connectivity index (χ0n) is 12.3. The van der Waals surface area contributed by atoms with Gasteiger partial charge in [-0.3, -0.25) is 0 Å². The van der Waals surface area contributed by atoms with E-state index in [1.807, 2.05) is 25.1 Å². The summed E-state index contributed by atoms with van der Waals surface area (Å²) in [6, 6.07) is 16.4. The fourth-order valence-corrected chi connectivity index (χ4v) is 2.58. The Hall–Kier alpha value is -2.00. The van der Waals surface area contributed by atoms with Gasteiger partial charge < -0.3 is 15.2 Å². The van der Waals surface area contributed by atoms with Crippen LogP contribution in [-0.4, -0.2) is 12.6 Å². The molecule has 0 aliphatic carbocycles. The fraction of sp³-hybridized carbons (Fsp3) is 0.333. The van der Waals surface area contributed by atoms with Crippen molar-refractivity contribution in [2.45, 2.75) is 31.9 Å². The Balaban J connectivity index is 1.72. The summed E-state index contributed by atoms with van der Waals surface area (Å²) >= 11 is 0. The molecule has 0 aromatic heterocycles. The normalized spacial score (nSPS) is 18.5. The van der Waals surface area contributed by atoms with Crippen LogP contribution < -0.4 is 15.2 Å². The molecular weight excluding hydrogens is 262 g/mol. The molecule has 1 aliphatic rings. The maximum Gasteiger partial charge on any atom is 0.124 e. The number of rotatable bonds is 4. The van der Waals surface area contributed by atoms with E-state index < -0.39 is 0 Å². The Morgan fingerprint density at radius 3 is 2.81 bits per heavy atom. The summed E-state index contributed by atoms with van der Waals surface area (Å²) in [4.78, 5) is 0. The number of hydrogen-bond acceptors (Lipinski definition) is 3. The molecule has 2 aromatic carbocycles. The van der Waals surface area contributed by atoms with Gasteiger partial charge in [-0.1, -0.05) is 30.3 Å². The van der Waals surface area contributed by atoms with Gasteiger partial charge in [-0.15, -0.1) is 0 Å². The summed E-state index contributed by atoms with van der Waals surface area (Å²) in [5, 5.41) is 0. The van der Waals surface area contributed by atoms with Crippen LogP contribution in [0.15, 0.2) is 48.5 Å². The molecule has 0 amide bonds. The molecule has 21 heavy (non-hydrogen) atoms. The summed E-state index contributed by atoms with van der Waals surface area (Å²) in [7, 11) is 0. The van der Waals surface area contributed by atoms with Gasteiger partial charge in [0.05, 0.1) is 0 Å². The molecule has 2 atom stereocenters. The van der Waals surface area contributed by atoms with Gasteiger partial charge in [0.15, 0.2) is 0 Å². The molecule has 1 heterocycles. The lowest BCUT2D eigenvalue weighted by atomic mass is 9.97. The SMILES string of the molecule is CC(N)COc1ccc2c(c1)CCC(c1ccccc1)O2. The maximum absolute atomic E-state index is 6.12. The molecule has 2 unspecified atom stereocenters. The molecule has 0 saturated heterocycles. The summed E-state index contributed by atoms with van der Waals surface area (Å²) < 4.78 is 11.8. The lowest BCUT2D eigenvalue weighted by Gasteiger charge is -2.27. The van der Waals surface area contributed by atoms with E-state index in [0.29, 0.717) is 6.61 Å². The van der Waals surface area contributed by atoms with Crippen molar-refractivity contribution in [2.75, 3.05) is 6.61 Å². The maximum atomic E-state index is 6.12. The van der Waals surface area contributed by atoms with Gasteiger partial charge in [0.2, 0.25) is 0 Å². The minimum absolute atomic E-state index is 0.0414. The number of ether oxygens (including phenoxy) is 2. The highest BCUT2D eigenvalue weighted by atomic mass is 16.5. The van der Waals surface area contributed by atoms with E-state index in [9.17, 15) is 0 Å². The van der Waals surface area contributed by atoms with Crippen molar-refractivity contribution >= 4 is 0 Å². The van der Waals surface area contributed by atoms with E-state index in [-0.39, 0.29) is 12.1 Å². The molecule has 2 N–H and O–H groups in total. The lowest BCUT2D eigenvalue weighted by molar-refractivity contribution is 0.176. The third-order valence-electron chi connectivity index (χ3n) is 3.66. The van der Waals surface area contributed by atoms with Gasteiger partial charge in [0, 0.05) is 6.04 Å². The van der Waals surface area contributed by atoms with Crippen molar-refractivity contribution in [2.24, 2.45) is 5.73 Å². The summed E-state index contributed by atoms with van der Waals surface area (Å²) in [6.45, 7) is 2.47. The van der Waals surface area contributed by atoms with Crippen molar-refractivity contribution in [1.29, 1.82) is 0 Å². The highest BCUT2D eigenvalue weighted by Gasteiger charge is 2.21. The van der Waals surface area contributed by atoms with E-state index in [4.69, 9.17) is 15.2 Å². The van der Waals surface area contributed by atoms with Gasteiger partial charge >= 0.3 is 0 Å². The van der Waals surface area contributed by atoms with Gasteiger partial charge in [0.25, 0.3) is 0 Å². The number of benzene rings is 2. The fourth-order valence-electron chi connectivity index (χ4n) is 2.58. The van der Waals surface area contributed by atoms with Crippen LogP contribution in [0.2, 0.25) is 0 Å². The first-order chi connectivity index (χ1) is 10.2. The molecule has 1 aliphatic heterocycles. The molecule has 3 rings (SSSR count). The topological polar surface area (TPSA) is 44.5 Å². The Labute approximate surface area is 125 Å². The molecular formula is C18H21NO2. The number of fused-ring (bicyclic) bond motifs is 1. The van der Waals surface area contributed by atoms with Crippen molar-refractivity contribution < 1.29 is 9.47 Å². The highest BCUT2D eigenvalue weighted by Crippen LogP contribution is 2.36. The number of hydrogen-bond donors (Lipinski definition) is 1. The van der Waals surface area contributed by atoms with Crippen LogP contribution >= 0.6 is 0 Å². The quantitative estimate of drug-likeness (QED) is 0.934. The first kappa shape index (κ1) is 14.0. The van der Waals surface area contributed by atoms with Crippen LogP contribution in [0.1, 0.15) is 30.6 Å². The van der Waals surface area contributed by atoms with E-state index in [2.05, 4.69) is 30.3 Å². The van der Waals surface area contributed by atoms with Crippen LogP contribution in [0.4, 0.5) is 0 Å². The molecule has 3 nitrogen and oxygen atoms in total. The van der Waals surface area contributed by atoms with Crippen LogP contribution in [0.5, 0.6) is 11.5 Å². The van der Waals surface area contributed by atoms with Crippen molar-refractivity contribution in [1.82, 2.24) is 0 Å². The molecule has 3 heteroatoms. The predicted molar refractivity (Wildman–Crippen MR) is 83.7 cm³/mol. The second-order valence-electron chi connectivity index (χ2n) is 5.61. The van der Waals surface area contributed by atoms with Gasteiger partial charge in [0.1, 0.15) is 24.2 Å². The first-order valence-electron chi connectivity index (χ1n) is 7.45.